The van der Waals surface area contributed by atoms with Crippen LogP contribution >= 0.6 is 0 Å². The summed E-state index contributed by atoms with van der Waals surface area (Å²) in [7, 11) is 0. The Bertz CT molecular complexity index is 585. The first kappa shape index (κ1) is 15.8. The van der Waals surface area contributed by atoms with Crippen molar-refractivity contribution in [3.63, 3.8) is 0 Å². The van der Waals surface area contributed by atoms with E-state index >= 15 is 0 Å². The van der Waals surface area contributed by atoms with Crippen molar-refractivity contribution in [2.75, 3.05) is 18.4 Å². The third kappa shape index (κ3) is 3.65. The molecule has 23 heavy (non-hydrogen) atoms. The number of carbonyl (C=O) groups excluding carboxylic acids is 2. The monoisotopic (exact) mass is 319 g/mol. The summed E-state index contributed by atoms with van der Waals surface area (Å²) in [5.74, 6) is 0.997. The lowest BCUT2D eigenvalue weighted by Gasteiger charge is -2.23. The van der Waals surface area contributed by atoms with Crippen molar-refractivity contribution in [3.05, 3.63) is 12.3 Å². The zero-order valence-corrected chi connectivity index (χ0v) is 13.8. The Morgan fingerprint density at radius 2 is 2.13 bits per heavy atom. The molecule has 2 fully saturated rings. The third-order valence-electron chi connectivity index (χ3n) is 4.91. The van der Waals surface area contributed by atoms with Gasteiger partial charge in [0.05, 0.1) is 6.04 Å². The first-order chi connectivity index (χ1) is 11.0. The standard InChI is InChI=1S/C16H25N5O2/c1-11-4-3-5-14(11)18-16(23)20-8-6-13(10-20)21-9-7-15(19-21)17-12(2)22/h7,9,11,13-14H,3-6,8,10H2,1-2H3,(H,18,23)(H,17,19,22)/t11-,13+,14-/m0/s1. The normalized spacial score (nSPS) is 27.2. The van der Waals surface area contributed by atoms with Crippen molar-refractivity contribution in [1.29, 1.82) is 0 Å². The smallest absolute Gasteiger partial charge is 0.317 e. The zero-order chi connectivity index (χ0) is 16.4. The van der Waals surface area contributed by atoms with E-state index in [4.69, 9.17) is 0 Å². The molecular weight excluding hydrogens is 294 g/mol. The average Bonchev–Trinajstić information content (AvgIpc) is 3.19. The molecule has 0 aromatic carbocycles. The Labute approximate surface area is 136 Å². The molecular formula is C16H25N5O2. The van der Waals surface area contributed by atoms with Gasteiger partial charge in [0.1, 0.15) is 0 Å². The highest BCUT2D eigenvalue weighted by Gasteiger charge is 2.31. The van der Waals surface area contributed by atoms with Crippen LogP contribution in [0.5, 0.6) is 0 Å². The number of likely N-dealkylation sites (tertiary alicyclic amines) is 1. The molecule has 7 nitrogen and oxygen atoms in total. The Hall–Kier alpha value is -2.05. The molecule has 0 radical (unpaired) electrons. The van der Waals surface area contributed by atoms with Crippen molar-refractivity contribution in [3.8, 4) is 0 Å². The van der Waals surface area contributed by atoms with Crippen LogP contribution in [0.15, 0.2) is 12.3 Å². The Morgan fingerprint density at radius 1 is 1.30 bits per heavy atom. The molecule has 2 N–H and O–H groups in total. The van der Waals surface area contributed by atoms with Crippen LogP contribution in [0.2, 0.25) is 0 Å². The predicted octanol–water partition coefficient (Wildman–Crippen LogP) is 1.99. The van der Waals surface area contributed by atoms with Crippen molar-refractivity contribution < 1.29 is 9.59 Å². The number of aromatic nitrogens is 2. The van der Waals surface area contributed by atoms with Crippen LogP contribution in [0.4, 0.5) is 10.6 Å². The van der Waals surface area contributed by atoms with E-state index in [0.717, 1.165) is 19.4 Å². The molecule has 126 valence electrons. The number of rotatable bonds is 3. The first-order valence-corrected chi connectivity index (χ1v) is 8.41. The number of anilines is 1. The summed E-state index contributed by atoms with van der Waals surface area (Å²) in [6.07, 6.45) is 6.23. The molecule has 1 saturated carbocycles. The van der Waals surface area contributed by atoms with Crippen LogP contribution in [-0.2, 0) is 4.79 Å². The highest BCUT2D eigenvalue weighted by molar-refractivity contribution is 5.87. The van der Waals surface area contributed by atoms with Gasteiger partial charge in [0.2, 0.25) is 5.91 Å². The van der Waals surface area contributed by atoms with Gasteiger partial charge in [-0.2, -0.15) is 5.10 Å². The quantitative estimate of drug-likeness (QED) is 0.894. The Kier molecular flexibility index (Phi) is 4.54. The zero-order valence-electron chi connectivity index (χ0n) is 13.8. The molecule has 3 atom stereocenters. The Balaban J connectivity index is 1.54. The fourth-order valence-corrected chi connectivity index (χ4v) is 3.54. The maximum absolute atomic E-state index is 12.4. The second-order valence-corrected chi connectivity index (χ2v) is 6.71. The number of carbonyl (C=O) groups is 2. The van der Waals surface area contributed by atoms with Gasteiger partial charge < -0.3 is 15.5 Å². The summed E-state index contributed by atoms with van der Waals surface area (Å²) in [4.78, 5) is 25.3. The van der Waals surface area contributed by atoms with E-state index in [0.29, 0.717) is 24.3 Å². The van der Waals surface area contributed by atoms with Crippen LogP contribution in [0.1, 0.15) is 45.6 Å². The topological polar surface area (TPSA) is 79.3 Å². The average molecular weight is 319 g/mol. The summed E-state index contributed by atoms with van der Waals surface area (Å²) in [6.45, 7) is 5.07. The minimum absolute atomic E-state index is 0.0421. The molecule has 3 amide bonds. The van der Waals surface area contributed by atoms with Gasteiger partial charge >= 0.3 is 6.03 Å². The van der Waals surface area contributed by atoms with Crippen molar-refractivity contribution in [2.24, 2.45) is 5.92 Å². The molecule has 1 aliphatic heterocycles. The molecule has 2 heterocycles. The number of nitrogens with zero attached hydrogens (tertiary/aromatic N) is 3. The second-order valence-electron chi connectivity index (χ2n) is 6.71. The lowest BCUT2D eigenvalue weighted by atomic mass is 10.1. The largest absolute Gasteiger partial charge is 0.335 e. The lowest BCUT2D eigenvalue weighted by Crippen LogP contribution is -2.44. The van der Waals surface area contributed by atoms with Gasteiger partial charge in [0.15, 0.2) is 5.82 Å². The van der Waals surface area contributed by atoms with Crippen LogP contribution in [0.3, 0.4) is 0 Å². The highest BCUT2D eigenvalue weighted by atomic mass is 16.2. The SMILES string of the molecule is CC(=O)Nc1ccn([C@@H]2CCN(C(=O)N[C@H]3CCC[C@@H]3C)C2)n1. The fraction of sp³-hybridized carbons (Fsp3) is 0.688. The van der Waals surface area contributed by atoms with E-state index in [-0.39, 0.29) is 18.0 Å². The van der Waals surface area contributed by atoms with E-state index in [2.05, 4.69) is 22.7 Å². The van der Waals surface area contributed by atoms with Crippen molar-refractivity contribution in [2.45, 2.75) is 51.6 Å². The summed E-state index contributed by atoms with van der Waals surface area (Å²) >= 11 is 0. The van der Waals surface area contributed by atoms with Gasteiger partial charge in [0.25, 0.3) is 0 Å². The fourth-order valence-electron chi connectivity index (χ4n) is 3.54. The first-order valence-electron chi connectivity index (χ1n) is 8.41. The molecule has 1 aromatic rings. The maximum atomic E-state index is 12.4. The molecule has 7 heteroatoms. The van der Waals surface area contributed by atoms with Gasteiger partial charge in [-0.05, 0) is 25.2 Å². The maximum Gasteiger partial charge on any atom is 0.317 e. The van der Waals surface area contributed by atoms with Gasteiger partial charge in [-0.1, -0.05) is 13.3 Å². The molecule has 2 aliphatic rings. The number of urea groups is 1. The summed E-state index contributed by atoms with van der Waals surface area (Å²) in [5.41, 5.74) is 0. The third-order valence-corrected chi connectivity index (χ3v) is 4.91. The molecule has 0 spiro atoms. The predicted molar refractivity (Wildman–Crippen MR) is 87.1 cm³/mol. The minimum atomic E-state index is -0.131. The van der Waals surface area contributed by atoms with Gasteiger partial charge in [-0.3, -0.25) is 9.48 Å². The van der Waals surface area contributed by atoms with Crippen LogP contribution in [0.25, 0.3) is 0 Å². The number of hydrogen-bond donors (Lipinski definition) is 2. The number of amides is 3. The number of nitrogens with one attached hydrogen (secondary N) is 2. The molecule has 0 unspecified atom stereocenters. The van der Waals surface area contributed by atoms with Gasteiger partial charge in [-0.15, -0.1) is 0 Å². The van der Waals surface area contributed by atoms with E-state index in [9.17, 15) is 9.59 Å². The summed E-state index contributed by atoms with van der Waals surface area (Å²) < 4.78 is 1.84. The van der Waals surface area contributed by atoms with Crippen LogP contribution in [-0.4, -0.2) is 45.8 Å². The molecule has 3 rings (SSSR count). The molecule has 1 aromatic heterocycles. The number of hydrogen-bond acceptors (Lipinski definition) is 3. The van der Waals surface area contributed by atoms with Gasteiger partial charge in [0, 0.05) is 38.3 Å². The van der Waals surface area contributed by atoms with E-state index < -0.39 is 0 Å². The minimum Gasteiger partial charge on any atom is -0.335 e. The van der Waals surface area contributed by atoms with Gasteiger partial charge in [-0.25, -0.2) is 4.79 Å². The van der Waals surface area contributed by atoms with E-state index in [1.807, 2.05) is 15.8 Å². The lowest BCUT2D eigenvalue weighted by molar-refractivity contribution is -0.114. The molecule has 1 aliphatic carbocycles. The molecule has 0 bridgehead atoms. The van der Waals surface area contributed by atoms with Crippen LogP contribution in [0, 0.1) is 5.92 Å². The Morgan fingerprint density at radius 3 is 2.83 bits per heavy atom. The van der Waals surface area contributed by atoms with Crippen LogP contribution < -0.4 is 10.6 Å². The summed E-state index contributed by atoms with van der Waals surface area (Å²) in [6, 6.07) is 2.31. The summed E-state index contributed by atoms with van der Waals surface area (Å²) in [5, 5.41) is 10.2. The van der Waals surface area contributed by atoms with Crippen molar-refractivity contribution >= 4 is 17.8 Å². The van der Waals surface area contributed by atoms with E-state index in [1.165, 1.54) is 19.8 Å². The molecule has 1 saturated heterocycles. The highest BCUT2D eigenvalue weighted by Crippen LogP contribution is 2.26. The van der Waals surface area contributed by atoms with E-state index in [1.54, 1.807) is 6.07 Å². The van der Waals surface area contributed by atoms with Crippen molar-refractivity contribution in [1.82, 2.24) is 20.0 Å². The second kappa shape index (κ2) is 6.60.